The van der Waals surface area contributed by atoms with Crippen LogP contribution in [0.25, 0.3) is 0 Å². The van der Waals surface area contributed by atoms with Crippen molar-refractivity contribution in [3.05, 3.63) is 44.4 Å². The largest absolute Gasteiger partial charge is 0.459 e. The van der Waals surface area contributed by atoms with Gasteiger partial charge in [-0.15, -0.1) is 0 Å². The van der Waals surface area contributed by atoms with Gasteiger partial charge in [-0.05, 0) is 19.1 Å². The lowest BCUT2D eigenvalue weighted by Gasteiger charge is -2.34. The second-order valence-corrected chi connectivity index (χ2v) is 6.36. The molecule has 1 saturated heterocycles. The number of thiazole rings is 1. The van der Waals surface area contributed by atoms with Crippen molar-refractivity contribution < 1.29 is 14.0 Å². The fourth-order valence-corrected chi connectivity index (χ4v) is 3.48. The number of carbonyl (C=O) groups is 2. The van der Waals surface area contributed by atoms with Crippen LogP contribution in [-0.2, 0) is 7.05 Å². The van der Waals surface area contributed by atoms with Crippen molar-refractivity contribution in [1.29, 1.82) is 0 Å². The first-order chi connectivity index (χ1) is 11.0. The van der Waals surface area contributed by atoms with Crippen LogP contribution < -0.4 is 4.87 Å². The molecule has 3 rings (SSSR count). The molecule has 1 aliphatic rings. The number of rotatable bonds is 2. The van der Waals surface area contributed by atoms with E-state index in [0.717, 1.165) is 11.3 Å². The molecule has 8 heteroatoms. The number of nitrogens with zero attached hydrogens (tertiary/aromatic N) is 3. The van der Waals surface area contributed by atoms with Gasteiger partial charge in [0.15, 0.2) is 5.76 Å². The normalized spacial score (nSPS) is 15.0. The molecule has 23 heavy (non-hydrogen) atoms. The molecule has 7 nitrogen and oxygen atoms in total. The summed E-state index contributed by atoms with van der Waals surface area (Å²) in [4.78, 5) is 40.1. The summed E-state index contributed by atoms with van der Waals surface area (Å²) in [7, 11) is 1.66. The monoisotopic (exact) mass is 335 g/mol. The van der Waals surface area contributed by atoms with Gasteiger partial charge in [0.2, 0.25) is 0 Å². The number of aromatic nitrogens is 1. The molecular weight excluding hydrogens is 318 g/mol. The molecule has 0 aliphatic carbocycles. The molecule has 2 aromatic heterocycles. The summed E-state index contributed by atoms with van der Waals surface area (Å²) >= 11 is 0.969. The van der Waals surface area contributed by atoms with Crippen LogP contribution in [0.2, 0.25) is 0 Å². The lowest BCUT2D eigenvalue weighted by Crippen LogP contribution is -2.50. The van der Waals surface area contributed by atoms with Gasteiger partial charge >= 0.3 is 4.87 Å². The molecule has 0 unspecified atom stereocenters. The maximum atomic E-state index is 12.6. The summed E-state index contributed by atoms with van der Waals surface area (Å²) in [6.45, 7) is 3.56. The fraction of sp³-hybridized carbons (Fsp3) is 0.400. The minimum absolute atomic E-state index is 0.141. The Hall–Kier alpha value is -2.35. The number of hydrogen-bond acceptors (Lipinski definition) is 5. The zero-order valence-electron chi connectivity index (χ0n) is 12.9. The second kappa shape index (κ2) is 6.04. The molecule has 2 amide bonds. The van der Waals surface area contributed by atoms with Gasteiger partial charge in [0.25, 0.3) is 11.8 Å². The topological polar surface area (TPSA) is 75.8 Å². The molecule has 122 valence electrons. The van der Waals surface area contributed by atoms with E-state index in [4.69, 9.17) is 4.42 Å². The first-order valence-corrected chi connectivity index (χ1v) is 8.09. The lowest BCUT2D eigenvalue weighted by atomic mass is 10.2. The van der Waals surface area contributed by atoms with Crippen LogP contribution in [0.3, 0.4) is 0 Å². The van der Waals surface area contributed by atoms with Crippen LogP contribution in [0.1, 0.15) is 25.9 Å². The summed E-state index contributed by atoms with van der Waals surface area (Å²) in [5.41, 5.74) is 0.680. The van der Waals surface area contributed by atoms with E-state index in [1.54, 1.807) is 35.9 Å². The number of hydrogen-bond donors (Lipinski definition) is 0. The molecule has 1 aliphatic heterocycles. The summed E-state index contributed by atoms with van der Waals surface area (Å²) in [6, 6.07) is 3.30. The fourth-order valence-electron chi connectivity index (χ4n) is 2.53. The van der Waals surface area contributed by atoms with Crippen molar-refractivity contribution in [3.8, 4) is 0 Å². The summed E-state index contributed by atoms with van der Waals surface area (Å²) < 4.78 is 6.60. The van der Waals surface area contributed by atoms with Gasteiger partial charge in [-0.1, -0.05) is 11.3 Å². The highest BCUT2D eigenvalue weighted by Gasteiger charge is 2.28. The van der Waals surface area contributed by atoms with Crippen molar-refractivity contribution in [2.45, 2.75) is 6.92 Å². The SMILES string of the molecule is Cc1c(C(=O)N2CCN(C(=O)c3ccco3)CC2)sc(=O)n1C. The predicted octanol–water partition coefficient (Wildman–Crippen LogP) is 0.946. The molecule has 2 aromatic rings. The van der Waals surface area contributed by atoms with E-state index >= 15 is 0 Å². The first-order valence-electron chi connectivity index (χ1n) is 7.27. The average molecular weight is 335 g/mol. The summed E-state index contributed by atoms with van der Waals surface area (Å²) in [6.07, 6.45) is 1.47. The van der Waals surface area contributed by atoms with Crippen LogP contribution in [-0.4, -0.2) is 52.4 Å². The molecule has 0 spiro atoms. The predicted molar refractivity (Wildman–Crippen MR) is 84.8 cm³/mol. The molecular formula is C15H17N3O4S. The quantitative estimate of drug-likeness (QED) is 0.819. The molecule has 1 fully saturated rings. The number of piperazine rings is 1. The van der Waals surface area contributed by atoms with E-state index in [-0.39, 0.29) is 16.7 Å². The number of amides is 2. The van der Waals surface area contributed by atoms with Crippen molar-refractivity contribution in [2.24, 2.45) is 7.05 Å². The van der Waals surface area contributed by atoms with Crippen LogP contribution >= 0.6 is 11.3 Å². The molecule has 0 bridgehead atoms. The standard InChI is InChI=1S/C15H17N3O4S/c1-10-12(23-15(21)16(10)2)14(20)18-7-5-17(6-8-18)13(19)11-4-3-9-22-11/h3-4,9H,5-8H2,1-2H3. The van der Waals surface area contributed by atoms with Gasteiger partial charge in [0.1, 0.15) is 4.88 Å². The molecule has 0 aromatic carbocycles. The van der Waals surface area contributed by atoms with Gasteiger partial charge in [-0.25, -0.2) is 0 Å². The third-order valence-corrected chi connectivity index (χ3v) is 5.20. The van der Waals surface area contributed by atoms with E-state index in [1.165, 1.54) is 10.8 Å². The van der Waals surface area contributed by atoms with E-state index < -0.39 is 0 Å². The van der Waals surface area contributed by atoms with Gasteiger partial charge in [-0.2, -0.15) is 0 Å². The van der Waals surface area contributed by atoms with Gasteiger partial charge in [0, 0.05) is 38.9 Å². The Bertz CT molecular complexity index is 782. The smallest absolute Gasteiger partial charge is 0.307 e. The van der Waals surface area contributed by atoms with Crippen molar-refractivity contribution >= 4 is 23.2 Å². The Morgan fingerprint density at radius 1 is 1.13 bits per heavy atom. The number of furan rings is 1. The van der Waals surface area contributed by atoms with E-state index in [9.17, 15) is 14.4 Å². The first kappa shape index (κ1) is 15.5. The summed E-state index contributed by atoms with van der Waals surface area (Å²) in [5.74, 6) is -0.000144. The Kier molecular flexibility index (Phi) is 4.08. The summed E-state index contributed by atoms with van der Waals surface area (Å²) in [5, 5.41) is 0. The maximum absolute atomic E-state index is 12.6. The highest BCUT2D eigenvalue weighted by molar-refractivity contribution is 7.11. The Labute approximate surface area is 136 Å². The van der Waals surface area contributed by atoms with Crippen LogP contribution in [0.5, 0.6) is 0 Å². The third kappa shape index (κ3) is 2.81. The zero-order chi connectivity index (χ0) is 16.6. The molecule has 0 atom stereocenters. The average Bonchev–Trinajstić information content (AvgIpc) is 3.19. The molecule has 3 heterocycles. The minimum atomic E-state index is -0.164. The van der Waals surface area contributed by atoms with Crippen LogP contribution in [0.4, 0.5) is 0 Å². The minimum Gasteiger partial charge on any atom is -0.459 e. The highest BCUT2D eigenvalue weighted by Crippen LogP contribution is 2.16. The highest BCUT2D eigenvalue weighted by atomic mass is 32.1. The zero-order valence-corrected chi connectivity index (χ0v) is 13.8. The Balaban J connectivity index is 1.67. The van der Waals surface area contributed by atoms with E-state index in [2.05, 4.69) is 0 Å². The molecule has 0 radical (unpaired) electrons. The van der Waals surface area contributed by atoms with Crippen LogP contribution in [0.15, 0.2) is 27.6 Å². The molecule has 0 N–H and O–H groups in total. The second-order valence-electron chi connectivity index (χ2n) is 5.40. The van der Waals surface area contributed by atoms with Crippen molar-refractivity contribution in [3.63, 3.8) is 0 Å². The van der Waals surface area contributed by atoms with Crippen molar-refractivity contribution in [1.82, 2.24) is 14.4 Å². The Morgan fingerprint density at radius 3 is 2.22 bits per heavy atom. The number of carbonyl (C=O) groups excluding carboxylic acids is 2. The van der Waals surface area contributed by atoms with E-state index in [0.29, 0.717) is 42.5 Å². The lowest BCUT2D eigenvalue weighted by molar-refractivity contribution is 0.0520. The van der Waals surface area contributed by atoms with Gasteiger partial charge < -0.3 is 18.8 Å². The molecule has 0 saturated carbocycles. The Morgan fingerprint density at radius 2 is 1.74 bits per heavy atom. The van der Waals surface area contributed by atoms with Gasteiger partial charge in [0.05, 0.1) is 6.26 Å². The van der Waals surface area contributed by atoms with Gasteiger partial charge in [-0.3, -0.25) is 14.4 Å². The van der Waals surface area contributed by atoms with Crippen molar-refractivity contribution in [2.75, 3.05) is 26.2 Å². The maximum Gasteiger partial charge on any atom is 0.307 e. The van der Waals surface area contributed by atoms with E-state index in [1.807, 2.05) is 0 Å². The van der Waals surface area contributed by atoms with Crippen LogP contribution in [0, 0.1) is 6.92 Å². The third-order valence-electron chi connectivity index (χ3n) is 4.08.